The number of nitrogens with one attached hydrogen (secondary N) is 1. The van der Waals surface area contributed by atoms with Crippen molar-refractivity contribution in [1.29, 1.82) is 0 Å². The number of halogens is 1. The zero-order valence-corrected chi connectivity index (χ0v) is 10.5. The first-order valence-electron chi connectivity index (χ1n) is 6.15. The standard InChI is InChI=1S/C13H17ClN2O/c14-11-6-8-15-12(9-11)13(17)16-7-5-10-3-1-2-4-10/h6,8-10H,1-5,7H2,(H,16,17). The zero-order valence-electron chi connectivity index (χ0n) is 9.79. The first kappa shape index (κ1) is 12.4. The average Bonchev–Trinajstić information content (AvgIpc) is 2.82. The summed E-state index contributed by atoms with van der Waals surface area (Å²) in [6.45, 7) is 0.734. The largest absolute Gasteiger partial charge is 0.351 e. The molecule has 1 aromatic heterocycles. The molecule has 2 rings (SSSR count). The molecule has 0 unspecified atom stereocenters. The lowest BCUT2D eigenvalue weighted by Gasteiger charge is -2.09. The second-order valence-electron chi connectivity index (χ2n) is 4.55. The lowest BCUT2D eigenvalue weighted by molar-refractivity contribution is 0.0946. The van der Waals surface area contributed by atoms with Crippen LogP contribution in [0.3, 0.4) is 0 Å². The molecule has 3 nitrogen and oxygen atoms in total. The molecule has 1 saturated carbocycles. The topological polar surface area (TPSA) is 42.0 Å². The number of amides is 1. The fourth-order valence-corrected chi connectivity index (χ4v) is 2.47. The monoisotopic (exact) mass is 252 g/mol. The van der Waals surface area contributed by atoms with Crippen LogP contribution in [0, 0.1) is 5.92 Å². The number of pyridine rings is 1. The predicted molar refractivity (Wildman–Crippen MR) is 68.2 cm³/mol. The van der Waals surface area contributed by atoms with Crippen LogP contribution in [-0.4, -0.2) is 17.4 Å². The van der Waals surface area contributed by atoms with Crippen LogP contribution in [0.4, 0.5) is 0 Å². The smallest absolute Gasteiger partial charge is 0.269 e. The summed E-state index contributed by atoms with van der Waals surface area (Å²) in [7, 11) is 0. The highest BCUT2D eigenvalue weighted by molar-refractivity contribution is 6.30. The van der Waals surface area contributed by atoms with Gasteiger partial charge in [0.2, 0.25) is 0 Å². The fraction of sp³-hybridized carbons (Fsp3) is 0.538. The molecular weight excluding hydrogens is 236 g/mol. The summed E-state index contributed by atoms with van der Waals surface area (Å²) in [4.78, 5) is 15.7. The van der Waals surface area contributed by atoms with Crippen molar-refractivity contribution in [2.45, 2.75) is 32.1 Å². The molecule has 0 aliphatic heterocycles. The van der Waals surface area contributed by atoms with E-state index in [1.165, 1.54) is 25.7 Å². The van der Waals surface area contributed by atoms with Crippen LogP contribution in [0.25, 0.3) is 0 Å². The van der Waals surface area contributed by atoms with E-state index in [9.17, 15) is 4.79 Å². The highest BCUT2D eigenvalue weighted by atomic mass is 35.5. The molecule has 0 spiro atoms. The molecule has 1 fully saturated rings. The van der Waals surface area contributed by atoms with Crippen LogP contribution < -0.4 is 5.32 Å². The molecular formula is C13H17ClN2O. The van der Waals surface area contributed by atoms with E-state index in [0.29, 0.717) is 10.7 Å². The van der Waals surface area contributed by atoms with E-state index in [1.807, 2.05) is 0 Å². The van der Waals surface area contributed by atoms with E-state index in [2.05, 4.69) is 10.3 Å². The van der Waals surface area contributed by atoms with Crippen LogP contribution in [0.1, 0.15) is 42.6 Å². The highest BCUT2D eigenvalue weighted by Crippen LogP contribution is 2.26. The Hall–Kier alpha value is -1.09. The minimum atomic E-state index is -0.134. The summed E-state index contributed by atoms with van der Waals surface area (Å²) in [5.41, 5.74) is 0.393. The fourth-order valence-electron chi connectivity index (χ4n) is 2.31. The number of carbonyl (C=O) groups is 1. The number of rotatable bonds is 4. The summed E-state index contributed by atoms with van der Waals surface area (Å²) in [6.07, 6.45) is 7.93. The van der Waals surface area contributed by atoms with Crippen molar-refractivity contribution >= 4 is 17.5 Å². The number of hydrogen-bond donors (Lipinski definition) is 1. The Kier molecular flexibility index (Phi) is 4.37. The van der Waals surface area contributed by atoms with E-state index in [-0.39, 0.29) is 5.91 Å². The first-order chi connectivity index (χ1) is 8.25. The lowest BCUT2D eigenvalue weighted by Crippen LogP contribution is -2.26. The van der Waals surface area contributed by atoms with E-state index in [0.717, 1.165) is 18.9 Å². The molecule has 0 saturated heterocycles. The van der Waals surface area contributed by atoms with Crippen LogP contribution in [-0.2, 0) is 0 Å². The SMILES string of the molecule is O=C(NCCC1CCCC1)c1cc(Cl)ccn1. The van der Waals surface area contributed by atoms with Gasteiger partial charge < -0.3 is 5.32 Å². The Balaban J connectivity index is 1.77. The first-order valence-corrected chi connectivity index (χ1v) is 6.53. The third-order valence-corrected chi connectivity index (χ3v) is 3.50. The Morgan fingerprint density at radius 3 is 2.94 bits per heavy atom. The second kappa shape index (κ2) is 6.01. The van der Waals surface area contributed by atoms with Gasteiger partial charge in [0.15, 0.2) is 0 Å². The molecule has 1 heterocycles. The minimum absolute atomic E-state index is 0.134. The van der Waals surface area contributed by atoms with E-state index in [1.54, 1.807) is 18.3 Å². The summed E-state index contributed by atoms with van der Waals surface area (Å²) in [5, 5.41) is 3.44. The van der Waals surface area contributed by atoms with Gasteiger partial charge in [-0.1, -0.05) is 37.3 Å². The third-order valence-electron chi connectivity index (χ3n) is 3.27. The maximum absolute atomic E-state index is 11.7. The predicted octanol–water partition coefficient (Wildman–Crippen LogP) is 3.05. The van der Waals surface area contributed by atoms with Gasteiger partial charge in [0, 0.05) is 17.8 Å². The summed E-state index contributed by atoms with van der Waals surface area (Å²) in [6, 6.07) is 3.25. The van der Waals surface area contributed by atoms with Crippen LogP contribution in [0.2, 0.25) is 5.02 Å². The van der Waals surface area contributed by atoms with Crippen molar-refractivity contribution in [2.75, 3.05) is 6.54 Å². The molecule has 17 heavy (non-hydrogen) atoms. The molecule has 0 radical (unpaired) electrons. The molecule has 0 bridgehead atoms. The quantitative estimate of drug-likeness (QED) is 0.895. The molecule has 1 N–H and O–H groups in total. The van der Waals surface area contributed by atoms with Gasteiger partial charge in [0.05, 0.1) is 0 Å². The summed E-state index contributed by atoms with van der Waals surface area (Å²) < 4.78 is 0. The summed E-state index contributed by atoms with van der Waals surface area (Å²) in [5.74, 6) is 0.660. The molecule has 1 aliphatic carbocycles. The van der Waals surface area contributed by atoms with Gasteiger partial charge in [0.1, 0.15) is 5.69 Å². The maximum Gasteiger partial charge on any atom is 0.269 e. The van der Waals surface area contributed by atoms with Crippen molar-refractivity contribution in [1.82, 2.24) is 10.3 Å². The van der Waals surface area contributed by atoms with Gasteiger partial charge >= 0.3 is 0 Å². The van der Waals surface area contributed by atoms with E-state index < -0.39 is 0 Å². The Morgan fingerprint density at radius 1 is 1.47 bits per heavy atom. The van der Waals surface area contributed by atoms with Crippen LogP contribution in [0.15, 0.2) is 18.3 Å². The van der Waals surface area contributed by atoms with E-state index in [4.69, 9.17) is 11.6 Å². The Morgan fingerprint density at radius 2 is 2.24 bits per heavy atom. The number of nitrogens with zero attached hydrogens (tertiary/aromatic N) is 1. The molecule has 0 atom stereocenters. The van der Waals surface area contributed by atoms with Crippen molar-refractivity contribution in [3.63, 3.8) is 0 Å². The molecule has 1 amide bonds. The van der Waals surface area contributed by atoms with E-state index >= 15 is 0 Å². The normalized spacial score (nSPS) is 16.1. The highest BCUT2D eigenvalue weighted by Gasteiger charge is 2.15. The number of hydrogen-bond acceptors (Lipinski definition) is 2. The lowest BCUT2D eigenvalue weighted by atomic mass is 10.0. The Bertz CT molecular complexity index is 389. The van der Waals surface area contributed by atoms with Gasteiger partial charge in [0.25, 0.3) is 5.91 Å². The van der Waals surface area contributed by atoms with Gasteiger partial charge in [-0.2, -0.15) is 0 Å². The van der Waals surface area contributed by atoms with Crippen LogP contribution in [0.5, 0.6) is 0 Å². The van der Waals surface area contributed by atoms with Crippen LogP contribution >= 0.6 is 11.6 Å². The van der Waals surface area contributed by atoms with Gasteiger partial charge in [-0.15, -0.1) is 0 Å². The second-order valence-corrected chi connectivity index (χ2v) is 4.99. The molecule has 1 aromatic rings. The maximum atomic E-state index is 11.7. The van der Waals surface area contributed by atoms with Crippen molar-refractivity contribution < 1.29 is 4.79 Å². The summed E-state index contributed by atoms with van der Waals surface area (Å²) >= 11 is 5.81. The van der Waals surface area contributed by atoms with Gasteiger partial charge in [-0.25, -0.2) is 0 Å². The van der Waals surface area contributed by atoms with Crippen molar-refractivity contribution in [3.05, 3.63) is 29.0 Å². The molecule has 1 aliphatic rings. The number of carbonyl (C=O) groups excluding carboxylic acids is 1. The van der Waals surface area contributed by atoms with Crippen molar-refractivity contribution in [3.8, 4) is 0 Å². The van der Waals surface area contributed by atoms with Gasteiger partial charge in [-0.3, -0.25) is 9.78 Å². The minimum Gasteiger partial charge on any atom is -0.351 e. The molecule has 4 heteroatoms. The zero-order chi connectivity index (χ0) is 12.1. The number of aromatic nitrogens is 1. The van der Waals surface area contributed by atoms with Gasteiger partial charge in [-0.05, 0) is 24.5 Å². The van der Waals surface area contributed by atoms with Crippen molar-refractivity contribution in [2.24, 2.45) is 5.92 Å². The molecule has 92 valence electrons. The average molecular weight is 253 g/mol. The Labute approximate surface area is 107 Å². The molecule has 0 aromatic carbocycles. The third kappa shape index (κ3) is 3.70.